The van der Waals surface area contributed by atoms with Crippen molar-refractivity contribution in [1.29, 1.82) is 0 Å². The lowest BCUT2D eigenvalue weighted by Crippen LogP contribution is -2.36. The number of aryl methyl sites for hydroxylation is 1. The summed E-state index contributed by atoms with van der Waals surface area (Å²) < 4.78 is 7.59. The molecule has 0 bridgehead atoms. The molecule has 1 aliphatic rings. The van der Waals surface area contributed by atoms with Crippen LogP contribution in [0.4, 0.5) is 0 Å². The van der Waals surface area contributed by atoms with E-state index in [-0.39, 0.29) is 5.56 Å². The van der Waals surface area contributed by atoms with Gasteiger partial charge >= 0.3 is 5.97 Å². The molecule has 0 radical (unpaired) electrons. The second-order valence-corrected chi connectivity index (χ2v) is 5.58. The molecule has 1 fully saturated rings. The highest BCUT2D eigenvalue weighted by Gasteiger charge is 2.17. The molecule has 0 atom stereocenters. The number of fused-ring (bicyclic) bond motifs is 1. The lowest BCUT2D eigenvalue weighted by Gasteiger charge is -2.26. The van der Waals surface area contributed by atoms with Crippen molar-refractivity contribution >= 4 is 17.0 Å². The Morgan fingerprint density at radius 3 is 2.82 bits per heavy atom. The number of nitrogens with zero attached hydrogens (tertiary/aromatic N) is 3. The van der Waals surface area contributed by atoms with E-state index in [1.54, 1.807) is 12.1 Å². The van der Waals surface area contributed by atoms with Gasteiger partial charge in [0.1, 0.15) is 5.82 Å². The van der Waals surface area contributed by atoms with Gasteiger partial charge in [0.15, 0.2) is 0 Å². The summed E-state index contributed by atoms with van der Waals surface area (Å²) in [5, 5.41) is 9.13. The highest BCUT2D eigenvalue weighted by molar-refractivity contribution is 5.92. The van der Waals surface area contributed by atoms with Gasteiger partial charge in [-0.05, 0) is 24.6 Å². The molecule has 0 aliphatic carbocycles. The van der Waals surface area contributed by atoms with E-state index in [9.17, 15) is 4.79 Å². The Hall–Kier alpha value is -1.92. The molecule has 22 heavy (non-hydrogen) atoms. The van der Waals surface area contributed by atoms with E-state index in [0.717, 1.165) is 62.7 Å². The highest BCUT2D eigenvalue weighted by Crippen LogP contribution is 2.20. The first kappa shape index (κ1) is 15.0. The molecule has 0 amide bonds. The summed E-state index contributed by atoms with van der Waals surface area (Å²) in [6.07, 6.45) is 1.02. The van der Waals surface area contributed by atoms with E-state index in [1.165, 1.54) is 0 Å². The van der Waals surface area contributed by atoms with E-state index < -0.39 is 5.97 Å². The number of ether oxygens (including phenoxy) is 1. The largest absolute Gasteiger partial charge is 0.478 e. The maximum atomic E-state index is 11.1. The Kier molecular flexibility index (Phi) is 4.40. The van der Waals surface area contributed by atoms with Crippen LogP contribution in [-0.2, 0) is 17.8 Å². The number of morpholine rings is 1. The van der Waals surface area contributed by atoms with Gasteiger partial charge in [-0.25, -0.2) is 9.78 Å². The van der Waals surface area contributed by atoms with Crippen molar-refractivity contribution in [3.8, 4) is 0 Å². The summed E-state index contributed by atoms with van der Waals surface area (Å²) in [6.45, 7) is 7.15. The molecule has 0 saturated carbocycles. The molecule has 0 unspecified atom stereocenters. The molecule has 2 heterocycles. The van der Waals surface area contributed by atoms with Gasteiger partial charge in [0.05, 0.1) is 36.4 Å². The topological polar surface area (TPSA) is 67.6 Å². The number of benzene rings is 1. The van der Waals surface area contributed by atoms with Crippen LogP contribution < -0.4 is 0 Å². The first-order chi connectivity index (χ1) is 10.7. The van der Waals surface area contributed by atoms with Gasteiger partial charge in [0.25, 0.3) is 0 Å². The monoisotopic (exact) mass is 303 g/mol. The third kappa shape index (κ3) is 2.98. The van der Waals surface area contributed by atoms with Crippen molar-refractivity contribution < 1.29 is 14.6 Å². The number of hydrogen-bond acceptors (Lipinski definition) is 4. The molecular weight excluding hydrogens is 282 g/mol. The molecular formula is C16H21N3O3. The van der Waals surface area contributed by atoms with Crippen LogP contribution in [0.5, 0.6) is 0 Å². The van der Waals surface area contributed by atoms with E-state index in [0.29, 0.717) is 0 Å². The molecule has 1 aromatic heterocycles. The summed E-state index contributed by atoms with van der Waals surface area (Å²) >= 11 is 0. The first-order valence-electron chi connectivity index (χ1n) is 7.71. The number of carboxylic acids is 1. The van der Waals surface area contributed by atoms with Gasteiger partial charge in [0.2, 0.25) is 0 Å². The summed E-state index contributed by atoms with van der Waals surface area (Å²) in [5.74, 6) is 0.0861. The predicted molar refractivity (Wildman–Crippen MR) is 83.1 cm³/mol. The van der Waals surface area contributed by atoms with Crippen LogP contribution in [0.1, 0.15) is 29.5 Å². The molecule has 6 heteroatoms. The zero-order valence-electron chi connectivity index (χ0n) is 12.8. The van der Waals surface area contributed by atoms with Crippen molar-refractivity contribution in [1.82, 2.24) is 14.5 Å². The minimum atomic E-state index is -0.915. The quantitative estimate of drug-likeness (QED) is 0.915. The summed E-state index contributed by atoms with van der Waals surface area (Å²) in [5.41, 5.74) is 2.05. The van der Waals surface area contributed by atoms with Gasteiger partial charge in [-0.15, -0.1) is 0 Å². The van der Waals surface area contributed by atoms with E-state index in [2.05, 4.69) is 21.4 Å². The summed E-state index contributed by atoms with van der Waals surface area (Å²) in [7, 11) is 0. The Labute approximate surface area is 129 Å². The van der Waals surface area contributed by atoms with Crippen LogP contribution in [0.15, 0.2) is 18.2 Å². The third-order valence-electron chi connectivity index (χ3n) is 3.99. The number of rotatable bonds is 5. The van der Waals surface area contributed by atoms with E-state index in [4.69, 9.17) is 9.84 Å². The van der Waals surface area contributed by atoms with Gasteiger partial charge in [-0.3, -0.25) is 4.90 Å². The molecule has 118 valence electrons. The second-order valence-electron chi connectivity index (χ2n) is 5.58. The Morgan fingerprint density at radius 1 is 1.36 bits per heavy atom. The average molecular weight is 303 g/mol. The van der Waals surface area contributed by atoms with Crippen LogP contribution in [0.3, 0.4) is 0 Å². The van der Waals surface area contributed by atoms with Crippen LogP contribution >= 0.6 is 0 Å². The normalized spacial score (nSPS) is 16.2. The maximum absolute atomic E-state index is 11.1. The second kappa shape index (κ2) is 6.46. The SMILES string of the molecule is CCCn1c(CN2CCOCC2)nc2cc(C(=O)O)ccc21. The number of aromatic nitrogens is 2. The zero-order chi connectivity index (χ0) is 15.5. The molecule has 3 rings (SSSR count). The molecule has 1 N–H and O–H groups in total. The Balaban J connectivity index is 1.96. The van der Waals surface area contributed by atoms with Crippen molar-refractivity contribution in [2.75, 3.05) is 26.3 Å². The lowest BCUT2D eigenvalue weighted by molar-refractivity contribution is 0.0326. The number of aromatic carboxylic acids is 1. The number of hydrogen-bond donors (Lipinski definition) is 1. The molecule has 1 aliphatic heterocycles. The van der Waals surface area contributed by atoms with E-state index in [1.807, 2.05) is 6.07 Å². The minimum absolute atomic E-state index is 0.284. The Bertz CT molecular complexity index is 675. The van der Waals surface area contributed by atoms with Crippen molar-refractivity contribution in [3.63, 3.8) is 0 Å². The Morgan fingerprint density at radius 2 is 2.14 bits per heavy atom. The van der Waals surface area contributed by atoms with Gasteiger partial charge in [-0.2, -0.15) is 0 Å². The first-order valence-corrected chi connectivity index (χ1v) is 7.71. The third-order valence-corrected chi connectivity index (χ3v) is 3.99. The maximum Gasteiger partial charge on any atom is 0.335 e. The average Bonchev–Trinajstić information content (AvgIpc) is 2.85. The summed E-state index contributed by atoms with van der Waals surface area (Å²) in [6, 6.07) is 5.17. The fourth-order valence-corrected chi connectivity index (χ4v) is 2.87. The number of imidazole rings is 1. The fourth-order valence-electron chi connectivity index (χ4n) is 2.87. The lowest BCUT2D eigenvalue weighted by atomic mass is 10.2. The van der Waals surface area contributed by atoms with Gasteiger partial charge < -0.3 is 14.4 Å². The predicted octanol–water partition coefficient (Wildman–Crippen LogP) is 1.98. The zero-order valence-corrected chi connectivity index (χ0v) is 12.8. The molecule has 1 saturated heterocycles. The molecule has 0 spiro atoms. The number of carboxylic acid groups (broad SMARTS) is 1. The highest BCUT2D eigenvalue weighted by atomic mass is 16.5. The molecule has 1 aromatic carbocycles. The number of carbonyl (C=O) groups is 1. The molecule has 6 nitrogen and oxygen atoms in total. The fraction of sp³-hybridized carbons (Fsp3) is 0.500. The summed E-state index contributed by atoms with van der Waals surface area (Å²) in [4.78, 5) is 18.1. The van der Waals surface area contributed by atoms with Gasteiger partial charge in [-0.1, -0.05) is 6.92 Å². The van der Waals surface area contributed by atoms with Crippen molar-refractivity contribution in [2.45, 2.75) is 26.4 Å². The van der Waals surface area contributed by atoms with Crippen molar-refractivity contribution in [2.24, 2.45) is 0 Å². The standard InChI is InChI=1S/C16H21N3O3/c1-2-5-19-14-4-3-12(16(20)21)10-13(14)17-15(19)11-18-6-8-22-9-7-18/h3-4,10H,2,5-9,11H2,1H3,(H,20,21). The van der Waals surface area contributed by atoms with Gasteiger partial charge in [0, 0.05) is 19.6 Å². The van der Waals surface area contributed by atoms with Crippen LogP contribution in [0.25, 0.3) is 11.0 Å². The minimum Gasteiger partial charge on any atom is -0.478 e. The molecule has 2 aromatic rings. The van der Waals surface area contributed by atoms with Crippen molar-refractivity contribution in [3.05, 3.63) is 29.6 Å². The van der Waals surface area contributed by atoms with Crippen LogP contribution in [0, 0.1) is 0 Å². The van der Waals surface area contributed by atoms with Crippen LogP contribution in [0.2, 0.25) is 0 Å². The van der Waals surface area contributed by atoms with E-state index >= 15 is 0 Å². The van der Waals surface area contributed by atoms with Crippen LogP contribution in [-0.4, -0.2) is 51.8 Å². The smallest absolute Gasteiger partial charge is 0.335 e.